The standard InChI is InChI=1S/C12H19BrN2S.2ClH/c1-2-3-10(11-4-5-12(13)16-11)15-8-6-14-7-9-15;;/h4-5,10,14H,2-3,6-9H2,1H3;2*1H/t10-;;/m1../s1. The zero-order valence-corrected chi connectivity index (χ0v) is 14.6. The van der Waals surface area contributed by atoms with E-state index in [0.717, 1.165) is 13.1 Å². The average molecular weight is 376 g/mol. The molecule has 2 rings (SSSR count). The first-order chi connectivity index (χ1) is 7.81. The Morgan fingerprint density at radius 3 is 2.50 bits per heavy atom. The lowest BCUT2D eigenvalue weighted by atomic mass is 10.1. The minimum Gasteiger partial charge on any atom is -0.314 e. The van der Waals surface area contributed by atoms with E-state index in [9.17, 15) is 0 Å². The molecule has 1 aromatic heterocycles. The molecule has 1 aliphatic heterocycles. The molecule has 106 valence electrons. The van der Waals surface area contributed by atoms with Crippen molar-refractivity contribution in [1.82, 2.24) is 10.2 Å². The van der Waals surface area contributed by atoms with Gasteiger partial charge >= 0.3 is 0 Å². The summed E-state index contributed by atoms with van der Waals surface area (Å²) in [6.45, 7) is 6.90. The van der Waals surface area contributed by atoms with Gasteiger partial charge in [-0.1, -0.05) is 13.3 Å². The quantitative estimate of drug-likeness (QED) is 0.851. The Hall–Kier alpha value is 0.680. The summed E-state index contributed by atoms with van der Waals surface area (Å²) in [6, 6.07) is 5.07. The van der Waals surface area contributed by atoms with Crippen molar-refractivity contribution in [3.8, 4) is 0 Å². The normalized spacial score (nSPS) is 17.7. The van der Waals surface area contributed by atoms with Crippen LogP contribution >= 0.6 is 52.1 Å². The van der Waals surface area contributed by atoms with Gasteiger partial charge in [-0.05, 0) is 34.5 Å². The van der Waals surface area contributed by atoms with Crippen LogP contribution in [-0.2, 0) is 0 Å². The summed E-state index contributed by atoms with van der Waals surface area (Å²) >= 11 is 5.45. The van der Waals surface area contributed by atoms with Gasteiger partial charge in [0.1, 0.15) is 0 Å². The summed E-state index contributed by atoms with van der Waals surface area (Å²) in [5.41, 5.74) is 0. The summed E-state index contributed by atoms with van der Waals surface area (Å²) < 4.78 is 1.25. The van der Waals surface area contributed by atoms with Crippen molar-refractivity contribution in [2.45, 2.75) is 25.8 Å². The van der Waals surface area contributed by atoms with Gasteiger partial charge in [0, 0.05) is 37.1 Å². The number of hydrogen-bond donors (Lipinski definition) is 1. The second-order valence-corrected chi connectivity index (χ2v) is 6.73. The zero-order valence-electron chi connectivity index (χ0n) is 10.5. The van der Waals surface area contributed by atoms with Crippen molar-refractivity contribution in [1.29, 1.82) is 0 Å². The summed E-state index contributed by atoms with van der Waals surface area (Å²) in [4.78, 5) is 4.13. The van der Waals surface area contributed by atoms with Crippen molar-refractivity contribution in [3.05, 3.63) is 20.8 Å². The number of nitrogens with one attached hydrogen (secondary N) is 1. The van der Waals surface area contributed by atoms with Gasteiger partial charge in [0.15, 0.2) is 0 Å². The van der Waals surface area contributed by atoms with Crippen molar-refractivity contribution in [2.75, 3.05) is 26.2 Å². The Balaban J connectivity index is 0.00000144. The van der Waals surface area contributed by atoms with E-state index in [1.807, 2.05) is 11.3 Å². The highest BCUT2D eigenvalue weighted by molar-refractivity contribution is 9.11. The lowest BCUT2D eigenvalue weighted by molar-refractivity contribution is 0.167. The van der Waals surface area contributed by atoms with Crippen molar-refractivity contribution in [3.63, 3.8) is 0 Å². The Morgan fingerprint density at radius 1 is 1.33 bits per heavy atom. The molecule has 1 atom stereocenters. The highest BCUT2D eigenvalue weighted by Gasteiger charge is 2.22. The third-order valence-electron chi connectivity index (χ3n) is 3.08. The zero-order chi connectivity index (χ0) is 11.4. The number of nitrogens with zero attached hydrogens (tertiary/aromatic N) is 1. The minimum absolute atomic E-state index is 0. The fraction of sp³-hybridized carbons (Fsp3) is 0.667. The van der Waals surface area contributed by atoms with Crippen LogP contribution in [0.25, 0.3) is 0 Å². The van der Waals surface area contributed by atoms with Crippen molar-refractivity contribution < 1.29 is 0 Å². The maximum absolute atomic E-state index is 3.56. The fourth-order valence-corrected chi connectivity index (χ4v) is 3.87. The Bertz CT molecular complexity index is 330. The average Bonchev–Trinajstić information content (AvgIpc) is 2.74. The molecule has 2 nitrogen and oxygen atoms in total. The first-order valence-corrected chi connectivity index (χ1v) is 7.62. The van der Waals surface area contributed by atoms with Gasteiger partial charge in [-0.25, -0.2) is 0 Å². The third kappa shape index (κ3) is 4.99. The van der Waals surface area contributed by atoms with E-state index < -0.39 is 0 Å². The number of hydrogen-bond acceptors (Lipinski definition) is 3. The van der Waals surface area contributed by atoms with Crippen LogP contribution in [0.15, 0.2) is 15.9 Å². The van der Waals surface area contributed by atoms with Crippen molar-refractivity contribution >= 4 is 52.1 Å². The highest BCUT2D eigenvalue weighted by atomic mass is 79.9. The molecule has 0 spiro atoms. The molecule has 1 aromatic rings. The maximum Gasteiger partial charge on any atom is 0.0701 e. The second-order valence-electron chi connectivity index (χ2n) is 4.23. The van der Waals surface area contributed by atoms with Crippen LogP contribution in [0.4, 0.5) is 0 Å². The molecule has 0 aromatic carbocycles. The fourth-order valence-electron chi connectivity index (χ4n) is 2.28. The van der Waals surface area contributed by atoms with E-state index in [1.54, 1.807) is 0 Å². The molecule has 1 fully saturated rings. The molecule has 1 aliphatic rings. The smallest absolute Gasteiger partial charge is 0.0701 e. The Labute approximate surface area is 134 Å². The van der Waals surface area contributed by atoms with E-state index in [1.165, 1.54) is 34.6 Å². The number of rotatable bonds is 4. The van der Waals surface area contributed by atoms with Gasteiger partial charge in [0.25, 0.3) is 0 Å². The minimum atomic E-state index is 0. The lowest BCUT2D eigenvalue weighted by Crippen LogP contribution is -2.44. The van der Waals surface area contributed by atoms with E-state index in [4.69, 9.17) is 0 Å². The molecule has 0 bridgehead atoms. The number of halogens is 3. The van der Waals surface area contributed by atoms with Crippen LogP contribution < -0.4 is 5.32 Å². The van der Waals surface area contributed by atoms with Crippen LogP contribution in [0.5, 0.6) is 0 Å². The molecular weight excluding hydrogens is 355 g/mol. The second kappa shape index (κ2) is 9.56. The summed E-state index contributed by atoms with van der Waals surface area (Å²) in [6.07, 6.45) is 2.52. The summed E-state index contributed by atoms with van der Waals surface area (Å²) in [5.74, 6) is 0. The Kier molecular flexibility index (Phi) is 9.92. The van der Waals surface area contributed by atoms with E-state index in [2.05, 4.69) is 45.2 Å². The molecule has 1 saturated heterocycles. The SMILES string of the molecule is CCC[C@H](c1ccc(Br)s1)N1CCNCC1.Cl.Cl. The van der Waals surface area contributed by atoms with Crippen LogP contribution in [-0.4, -0.2) is 31.1 Å². The van der Waals surface area contributed by atoms with Crippen molar-refractivity contribution in [2.24, 2.45) is 0 Å². The molecule has 6 heteroatoms. The van der Waals surface area contributed by atoms with Crippen LogP contribution in [0.3, 0.4) is 0 Å². The van der Waals surface area contributed by atoms with Crippen LogP contribution in [0.2, 0.25) is 0 Å². The molecular formula is C12H21BrCl2N2S. The molecule has 0 unspecified atom stereocenters. The molecule has 0 aliphatic carbocycles. The first-order valence-electron chi connectivity index (χ1n) is 6.01. The number of piperazine rings is 1. The summed E-state index contributed by atoms with van der Waals surface area (Å²) in [5, 5.41) is 3.42. The predicted octanol–water partition coefficient (Wildman–Crippen LogP) is 4.10. The molecule has 1 N–H and O–H groups in total. The van der Waals surface area contributed by atoms with Gasteiger partial charge < -0.3 is 5.32 Å². The highest BCUT2D eigenvalue weighted by Crippen LogP contribution is 2.33. The van der Waals surface area contributed by atoms with Gasteiger partial charge in [-0.15, -0.1) is 36.2 Å². The van der Waals surface area contributed by atoms with Gasteiger partial charge in [-0.3, -0.25) is 4.90 Å². The molecule has 2 heterocycles. The monoisotopic (exact) mass is 374 g/mol. The summed E-state index contributed by atoms with van der Waals surface area (Å²) in [7, 11) is 0. The predicted molar refractivity (Wildman–Crippen MR) is 88.6 cm³/mol. The molecule has 0 amide bonds. The van der Waals surface area contributed by atoms with Crippen LogP contribution in [0.1, 0.15) is 30.7 Å². The van der Waals surface area contributed by atoms with Crippen LogP contribution in [0, 0.1) is 0 Å². The first kappa shape index (κ1) is 18.7. The topological polar surface area (TPSA) is 15.3 Å². The van der Waals surface area contributed by atoms with E-state index in [0.29, 0.717) is 6.04 Å². The number of thiophene rings is 1. The van der Waals surface area contributed by atoms with E-state index >= 15 is 0 Å². The molecule has 18 heavy (non-hydrogen) atoms. The Morgan fingerprint density at radius 2 is 2.00 bits per heavy atom. The largest absolute Gasteiger partial charge is 0.314 e. The molecule has 0 radical (unpaired) electrons. The maximum atomic E-state index is 3.56. The molecule has 0 saturated carbocycles. The third-order valence-corrected chi connectivity index (χ3v) is 4.80. The van der Waals surface area contributed by atoms with Gasteiger partial charge in [0.2, 0.25) is 0 Å². The lowest BCUT2D eigenvalue weighted by Gasteiger charge is -2.34. The van der Waals surface area contributed by atoms with E-state index in [-0.39, 0.29) is 24.8 Å². The van der Waals surface area contributed by atoms with Gasteiger partial charge in [0.05, 0.1) is 3.79 Å². The van der Waals surface area contributed by atoms with Gasteiger partial charge in [-0.2, -0.15) is 0 Å².